The van der Waals surface area contributed by atoms with E-state index in [1.165, 1.54) is 18.2 Å². The molecular formula is C19H22ClFN2O2. The average Bonchev–Trinajstić information content (AvgIpc) is 3.41. The van der Waals surface area contributed by atoms with Gasteiger partial charge in [-0.3, -0.25) is 9.59 Å². The van der Waals surface area contributed by atoms with E-state index in [-0.39, 0.29) is 16.3 Å². The Kier molecular flexibility index (Phi) is 4.22. The fourth-order valence-electron chi connectivity index (χ4n) is 4.22. The molecule has 0 aromatic heterocycles. The van der Waals surface area contributed by atoms with Crippen molar-refractivity contribution in [3.63, 3.8) is 0 Å². The summed E-state index contributed by atoms with van der Waals surface area (Å²) in [5, 5.41) is 0.239. The quantitative estimate of drug-likeness (QED) is 0.806. The summed E-state index contributed by atoms with van der Waals surface area (Å²) in [4.78, 5) is 28.6. The van der Waals surface area contributed by atoms with Gasteiger partial charge in [0.1, 0.15) is 5.82 Å². The van der Waals surface area contributed by atoms with Crippen LogP contribution in [0.4, 0.5) is 4.39 Å². The van der Waals surface area contributed by atoms with E-state index in [1.54, 1.807) is 4.90 Å². The molecule has 0 atom stereocenters. The standard InChI is InChI=1S/C19H22ClFN2O2/c20-14-9-13(10-15(21)11-14)18(25)22-7-5-19(6-8-22)4-3-17(24)23(12-19)16-1-2-16/h9-11,16H,1-8,12H2. The van der Waals surface area contributed by atoms with Gasteiger partial charge in [0.25, 0.3) is 5.91 Å². The molecule has 2 heterocycles. The molecule has 0 N–H and O–H groups in total. The number of nitrogens with zero attached hydrogens (tertiary/aromatic N) is 2. The van der Waals surface area contributed by atoms with Crippen molar-refractivity contribution in [3.8, 4) is 0 Å². The van der Waals surface area contributed by atoms with E-state index in [9.17, 15) is 14.0 Å². The normalized spacial score (nSPS) is 23.2. The van der Waals surface area contributed by atoms with Crippen molar-refractivity contribution in [2.24, 2.45) is 5.41 Å². The maximum atomic E-state index is 13.5. The first-order valence-electron chi connectivity index (χ1n) is 9.01. The Balaban J connectivity index is 1.42. The molecule has 4 nitrogen and oxygen atoms in total. The first-order valence-corrected chi connectivity index (χ1v) is 9.38. The van der Waals surface area contributed by atoms with Crippen LogP contribution in [0, 0.1) is 11.2 Å². The Labute approximate surface area is 151 Å². The third-order valence-corrected chi connectivity index (χ3v) is 6.12. The number of carbonyl (C=O) groups excluding carboxylic acids is 2. The lowest BCUT2D eigenvalue weighted by atomic mass is 9.72. The fraction of sp³-hybridized carbons (Fsp3) is 0.579. The van der Waals surface area contributed by atoms with Gasteiger partial charge in [-0.25, -0.2) is 4.39 Å². The van der Waals surface area contributed by atoms with Crippen molar-refractivity contribution in [2.75, 3.05) is 19.6 Å². The van der Waals surface area contributed by atoms with Gasteiger partial charge in [-0.15, -0.1) is 0 Å². The van der Waals surface area contributed by atoms with Gasteiger partial charge >= 0.3 is 0 Å². The molecule has 1 spiro atoms. The van der Waals surface area contributed by atoms with E-state index in [1.807, 2.05) is 0 Å². The van der Waals surface area contributed by atoms with E-state index < -0.39 is 5.82 Å². The average molecular weight is 365 g/mol. The van der Waals surface area contributed by atoms with E-state index in [0.717, 1.165) is 38.6 Å². The molecule has 2 saturated heterocycles. The Morgan fingerprint density at radius 1 is 1.16 bits per heavy atom. The summed E-state index contributed by atoms with van der Waals surface area (Å²) in [6, 6.07) is 4.42. The Hall–Kier alpha value is -1.62. The first-order chi connectivity index (χ1) is 12.0. The van der Waals surface area contributed by atoms with Gasteiger partial charge < -0.3 is 9.80 Å². The van der Waals surface area contributed by atoms with Crippen molar-refractivity contribution < 1.29 is 14.0 Å². The van der Waals surface area contributed by atoms with Crippen LogP contribution >= 0.6 is 11.6 Å². The van der Waals surface area contributed by atoms with Crippen LogP contribution in [-0.2, 0) is 4.79 Å². The second kappa shape index (κ2) is 6.27. The minimum absolute atomic E-state index is 0.146. The van der Waals surface area contributed by atoms with Crippen LogP contribution in [0.25, 0.3) is 0 Å². The minimum atomic E-state index is -0.491. The third kappa shape index (κ3) is 3.39. The van der Waals surface area contributed by atoms with Gasteiger partial charge in [0.2, 0.25) is 5.91 Å². The fourth-order valence-corrected chi connectivity index (χ4v) is 4.44. The molecule has 0 bridgehead atoms. The highest BCUT2D eigenvalue weighted by Crippen LogP contribution is 2.43. The van der Waals surface area contributed by atoms with Crippen molar-refractivity contribution in [1.82, 2.24) is 9.80 Å². The summed E-state index contributed by atoms with van der Waals surface area (Å²) in [5.41, 5.74) is 0.451. The molecule has 2 aliphatic heterocycles. The molecule has 3 aliphatic rings. The van der Waals surface area contributed by atoms with Gasteiger partial charge in [0.15, 0.2) is 0 Å². The zero-order chi connectivity index (χ0) is 17.6. The smallest absolute Gasteiger partial charge is 0.254 e. The Bertz CT molecular complexity index is 691. The largest absolute Gasteiger partial charge is 0.339 e. The summed E-state index contributed by atoms with van der Waals surface area (Å²) in [6.45, 7) is 2.14. The zero-order valence-corrected chi connectivity index (χ0v) is 14.9. The van der Waals surface area contributed by atoms with Gasteiger partial charge in [0, 0.05) is 42.7 Å². The molecule has 2 amide bonds. The van der Waals surface area contributed by atoms with Crippen LogP contribution in [0.15, 0.2) is 18.2 Å². The Morgan fingerprint density at radius 2 is 1.88 bits per heavy atom. The monoisotopic (exact) mass is 364 g/mol. The molecule has 134 valence electrons. The van der Waals surface area contributed by atoms with Gasteiger partial charge in [0.05, 0.1) is 0 Å². The molecular weight excluding hydrogens is 343 g/mol. The number of halogens is 2. The highest BCUT2D eigenvalue weighted by atomic mass is 35.5. The maximum absolute atomic E-state index is 13.5. The van der Waals surface area contributed by atoms with E-state index in [0.29, 0.717) is 37.0 Å². The minimum Gasteiger partial charge on any atom is -0.339 e. The molecule has 1 aromatic carbocycles. The number of piperidine rings is 2. The number of benzene rings is 1. The molecule has 0 radical (unpaired) electrons. The summed E-state index contributed by atoms with van der Waals surface area (Å²) >= 11 is 5.87. The van der Waals surface area contributed by atoms with Crippen molar-refractivity contribution in [3.05, 3.63) is 34.6 Å². The van der Waals surface area contributed by atoms with E-state index in [4.69, 9.17) is 11.6 Å². The summed E-state index contributed by atoms with van der Waals surface area (Å²) in [7, 11) is 0. The number of amides is 2. The number of likely N-dealkylation sites (tertiary alicyclic amines) is 2. The predicted molar refractivity (Wildman–Crippen MR) is 92.9 cm³/mol. The number of hydrogen-bond acceptors (Lipinski definition) is 2. The van der Waals surface area contributed by atoms with Crippen molar-refractivity contribution in [1.29, 1.82) is 0 Å². The predicted octanol–water partition coefficient (Wildman–Crippen LogP) is 3.49. The first kappa shape index (κ1) is 16.8. The lowest BCUT2D eigenvalue weighted by molar-refractivity contribution is -0.139. The Morgan fingerprint density at radius 3 is 2.52 bits per heavy atom. The van der Waals surface area contributed by atoms with Crippen LogP contribution in [-0.4, -0.2) is 47.3 Å². The van der Waals surface area contributed by atoms with Gasteiger partial charge in [-0.05, 0) is 55.7 Å². The molecule has 25 heavy (non-hydrogen) atoms. The molecule has 1 aromatic rings. The summed E-state index contributed by atoms with van der Waals surface area (Å²) in [5.74, 6) is -0.363. The van der Waals surface area contributed by atoms with Gasteiger partial charge in [-0.1, -0.05) is 11.6 Å². The van der Waals surface area contributed by atoms with Crippen LogP contribution in [0.5, 0.6) is 0 Å². The number of hydrogen-bond donors (Lipinski definition) is 0. The number of rotatable bonds is 2. The third-order valence-electron chi connectivity index (χ3n) is 5.90. The molecule has 3 fully saturated rings. The van der Waals surface area contributed by atoms with Crippen LogP contribution < -0.4 is 0 Å². The maximum Gasteiger partial charge on any atom is 0.254 e. The molecule has 1 aliphatic carbocycles. The number of carbonyl (C=O) groups is 2. The summed E-state index contributed by atoms with van der Waals surface area (Å²) < 4.78 is 13.5. The van der Waals surface area contributed by atoms with Crippen LogP contribution in [0.2, 0.25) is 5.02 Å². The SMILES string of the molecule is O=C(c1cc(F)cc(Cl)c1)N1CCC2(CCC(=O)N(C3CC3)C2)CC1. The molecule has 0 unspecified atom stereocenters. The lowest BCUT2D eigenvalue weighted by Crippen LogP contribution is -2.52. The zero-order valence-electron chi connectivity index (χ0n) is 14.1. The molecule has 4 rings (SSSR count). The second-order valence-electron chi connectivity index (χ2n) is 7.70. The highest BCUT2D eigenvalue weighted by molar-refractivity contribution is 6.31. The molecule has 6 heteroatoms. The lowest BCUT2D eigenvalue weighted by Gasteiger charge is -2.47. The van der Waals surface area contributed by atoms with E-state index in [2.05, 4.69) is 4.90 Å². The van der Waals surface area contributed by atoms with Gasteiger partial charge in [-0.2, -0.15) is 0 Å². The second-order valence-corrected chi connectivity index (χ2v) is 8.14. The van der Waals surface area contributed by atoms with Crippen molar-refractivity contribution in [2.45, 2.75) is 44.6 Å². The van der Waals surface area contributed by atoms with Crippen LogP contribution in [0.3, 0.4) is 0 Å². The van der Waals surface area contributed by atoms with E-state index >= 15 is 0 Å². The summed E-state index contributed by atoms with van der Waals surface area (Å²) in [6.07, 6.45) is 5.61. The highest BCUT2D eigenvalue weighted by Gasteiger charge is 2.45. The topological polar surface area (TPSA) is 40.6 Å². The molecule has 1 saturated carbocycles. The van der Waals surface area contributed by atoms with Crippen LogP contribution in [0.1, 0.15) is 48.9 Å². The van der Waals surface area contributed by atoms with Crippen molar-refractivity contribution >= 4 is 23.4 Å².